The maximum atomic E-state index is 12.1. The Labute approximate surface area is 152 Å². The molecule has 0 spiro atoms. The number of nitrogens with one attached hydrogen (secondary N) is 1. The Bertz CT molecular complexity index is 841. The van der Waals surface area contributed by atoms with Gasteiger partial charge in [0.05, 0.1) is 24.2 Å². The summed E-state index contributed by atoms with van der Waals surface area (Å²) < 4.78 is 25.5. The van der Waals surface area contributed by atoms with Crippen molar-refractivity contribution < 1.29 is 13.2 Å². The number of nitrogens with zero attached hydrogens (tertiary/aromatic N) is 2. The Morgan fingerprint density at radius 3 is 2.64 bits per heavy atom. The average molecular weight is 382 g/mol. The molecule has 0 aliphatic heterocycles. The summed E-state index contributed by atoms with van der Waals surface area (Å²) in [5, 5.41) is 3.21. The molecule has 1 amide bonds. The van der Waals surface area contributed by atoms with Crippen LogP contribution in [0.3, 0.4) is 0 Å². The van der Waals surface area contributed by atoms with Gasteiger partial charge in [-0.2, -0.15) is 0 Å². The summed E-state index contributed by atoms with van der Waals surface area (Å²) in [5.74, 6) is -0.251. The van der Waals surface area contributed by atoms with E-state index in [0.717, 1.165) is 11.9 Å². The third-order valence-electron chi connectivity index (χ3n) is 3.64. The molecule has 134 valence electrons. The summed E-state index contributed by atoms with van der Waals surface area (Å²) >= 11 is 6.08. The standard InChI is InChI=1S/C17H20ClN3O3S/c1-13-15(18)7-5-8-16(13)21(25(2,23)24)11-9-17(22)20-12-14-6-3-4-10-19-14/h3-8,10H,9,11-12H2,1-2H3,(H,20,22). The van der Waals surface area contributed by atoms with Crippen LogP contribution in [0, 0.1) is 6.92 Å². The highest BCUT2D eigenvalue weighted by molar-refractivity contribution is 7.92. The van der Waals surface area contributed by atoms with Gasteiger partial charge in [-0.05, 0) is 36.8 Å². The molecule has 0 radical (unpaired) electrons. The van der Waals surface area contributed by atoms with E-state index in [0.29, 0.717) is 22.8 Å². The van der Waals surface area contributed by atoms with Gasteiger partial charge in [0, 0.05) is 24.2 Å². The lowest BCUT2D eigenvalue weighted by Crippen LogP contribution is -2.35. The molecule has 25 heavy (non-hydrogen) atoms. The highest BCUT2D eigenvalue weighted by Crippen LogP contribution is 2.28. The third kappa shape index (κ3) is 5.44. The lowest BCUT2D eigenvalue weighted by molar-refractivity contribution is -0.121. The fourth-order valence-electron chi connectivity index (χ4n) is 2.31. The molecule has 1 aromatic heterocycles. The Kier molecular flexibility index (Phi) is 6.39. The maximum Gasteiger partial charge on any atom is 0.232 e. The van der Waals surface area contributed by atoms with Crippen LogP contribution < -0.4 is 9.62 Å². The number of hydrogen-bond acceptors (Lipinski definition) is 4. The Morgan fingerprint density at radius 1 is 1.24 bits per heavy atom. The van der Waals surface area contributed by atoms with Gasteiger partial charge >= 0.3 is 0 Å². The Hall–Kier alpha value is -2.12. The highest BCUT2D eigenvalue weighted by atomic mass is 35.5. The van der Waals surface area contributed by atoms with Gasteiger partial charge in [0.1, 0.15) is 0 Å². The number of sulfonamides is 1. The molecule has 2 rings (SSSR count). The van der Waals surface area contributed by atoms with Gasteiger partial charge in [0.15, 0.2) is 0 Å². The zero-order valence-corrected chi connectivity index (χ0v) is 15.6. The molecule has 0 fully saturated rings. The van der Waals surface area contributed by atoms with Crippen LogP contribution in [0.25, 0.3) is 0 Å². The van der Waals surface area contributed by atoms with Crippen LogP contribution in [0.5, 0.6) is 0 Å². The van der Waals surface area contributed by atoms with Crippen molar-refractivity contribution in [1.82, 2.24) is 10.3 Å². The van der Waals surface area contributed by atoms with Crippen LogP contribution in [0.15, 0.2) is 42.6 Å². The zero-order chi connectivity index (χ0) is 18.4. The fourth-order valence-corrected chi connectivity index (χ4v) is 3.46. The lowest BCUT2D eigenvalue weighted by atomic mass is 10.2. The number of amides is 1. The van der Waals surface area contributed by atoms with E-state index in [9.17, 15) is 13.2 Å². The first-order valence-electron chi connectivity index (χ1n) is 7.68. The summed E-state index contributed by atoms with van der Waals surface area (Å²) in [5.41, 5.74) is 1.87. The number of hydrogen-bond donors (Lipinski definition) is 1. The van der Waals surface area contributed by atoms with Gasteiger partial charge in [0.2, 0.25) is 15.9 Å². The van der Waals surface area contributed by atoms with Crippen molar-refractivity contribution in [3.63, 3.8) is 0 Å². The number of benzene rings is 1. The Balaban J connectivity index is 2.03. The second kappa shape index (κ2) is 8.31. The number of carbonyl (C=O) groups excluding carboxylic acids is 1. The van der Waals surface area contributed by atoms with Crippen LogP contribution in [0.2, 0.25) is 5.02 Å². The van der Waals surface area contributed by atoms with E-state index in [4.69, 9.17) is 11.6 Å². The molecule has 1 N–H and O–H groups in total. The molecule has 0 saturated heterocycles. The molecule has 6 nitrogen and oxygen atoms in total. The molecule has 1 heterocycles. The molecule has 8 heteroatoms. The van der Waals surface area contributed by atoms with Gasteiger partial charge < -0.3 is 5.32 Å². The fraction of sp³-hybridized carbons (Fsp3) is 0.294. The van der Waals surface area contributed by atoms with Gasteiger partial charge in [-0.1, -0.05) is 23.7 Å². The maximum absolute atomic E-state index is 12.1. The summed E-state index contributed by atoms with van der Waals surface area (Å²) in [6.07, 6.45) is 2.79. The smallest absolute Gasteiger partial charge is 0.232 e. The SMILES string of the molecule is Cc1c(Cl)cccc1N(CCC(=O)NCc1ccccn1)S(C)(=O)=O. The predicted molar refractivity (Wildman–Crippen MR) is 99.1 cm³/mol. The molecule has 0 unspecified atom stereocenters. The van der Waals surface area contributed by atoms with Gasteiger partial charge in [-0.25, -0.2) is 8.42 Å². The lowest BCUT2D eigenvalue weighted by Gasteiger charge is -2.24. The normalized spacial score (nSPS) is 11.2. The molecule has 2 aromatic rings. The van der Waals surface area contributed by atoms with Crippen molar-refractivity contribution >= 4 is 33.2 Å². The second-order valence-electron chi connectivity index (χ2n) is 5.57. The van der Waals surface area contributed by atoms with Crippen molar-refractivity contribution in [2.24, 2.45) is 0 Å². The quantitative estimate of drug-likeness (QED) is 0.799. The van der Waals surface area contributed by atoms with Gasteiger partial charge in [-0.15, -0.1) is 0 Å². The molecule has 0 aliphatic rings. The molecule has 0 atom stereocenters. The predicted octanol–water partition coefficient (Wildman–Crippen LogP) is 2.52. The average Bonchev–Trinajstić information content (AvgIpc) is 2.56. The van der Waals surface area contributed by atoms with Crippen LogP contribution in [0.4, 0.5) is 5.69 Å². The number of pyridine rings is 1. The molecular formula is C17H20ClN3O3S. The van der Waals surface area contributed by atoms with E-state index in [2.05, 4.69) is 10.3 Å². The summed E-state index contributed by atoms with van der Waals surface area (Å²) in [6.45, 7) is 2.08. The van der Waals surface area contributed by atoms with Crippen molar-refractivity contribution in [2.75, 3.05) is 17.1 Å². The minimum atomic E-state index is -3.54. The minimum Gasteiger partial charge on any atom is -0.350 e. The van der Waals surface area contributed by atoms with E-state index in [1.165, 1.54) is 4.31 Å². The first-order valence-corrected chi connectivity index (χ1v) is 9.91. The number of carbonyl (C=O) groups is 1. The summed E-state index contributed by atoms with van der Waals surface area (Å²) in [4.78, 5) is 16.2. The van der Waals surface area contributed by atoms with Crippen molar-refractivity contribution in [2.45, 2.75) is 19.9 Å². The highest BCUT2D eigenvalue weighted by Gasteiger charge is 2.21. The first kappa shape index (κ1) is 19.2. The van der Waals surface area contributed by atoms with Crippen molar-refractivity contribution in [3.05, 3.63) is 58.9 Å². The van der Waals surface area contributed by atoms with Crippen molar-refractivity contribution in [1.29, 1.82) is 0 Å². The van der Waals surface area contributed by atoms with Crippen LogP contribution in [0.1, 0.15) is 17.7 Å². The molecule has 1 aromatic carbocycles. The van der Waals surface area contributed by atoms with Crippen molar-refractivity contribution in [3.8, 4) is 0 Å². The second-order valence-corrected chi connectivity index (χ2v) is 7.88. The van der Waals surface area contributed by atoms with Crippen LogP contribution >= 0.6 is 11.6 Å². The minimum absolute atomic E-state index is 0.0336. The number of rotatable bonds is 7. The number of halogens is 1. The third-order valence-corrected chi connectivity index (χ3v) is 5.23. The van der Waals surface area contributed by atoms with E-state index in [-0.39, 0.29) is 18.9 Å². The summed E-state index contributed by atoms with van der Waals surface area (Å²) in [6, 6.07) is 10.5. The van der Waals surface area contributed by atoms with E-state index in [1.54, 1.807) is 43.5 Å². The van der Waals surface area contributed by atoms with E-state index < -0.39 is 10.0 Å². The van der Waals surface area contributed by atoms with E-state index >= 15 is 0 Å². The van der Waals surface area contributed by atoms with Crippen LogP contribution in [-0.2, 0) is 21.4 Å². The number of anilines is 1. The molecule has 0 bridgehead atoms. The van der Waals surface area contributed by atoms with Gasteiger partial charge in [0.25, 0.3) is 0 Å². The Morgan fingerprint density at radius 2 is 2.00 bits per heavy atom. The molecular weight excluding hydrogens is 362 g/mol. The molecule has 0 aliphatic carbocycles. The summed E-state index contributed by atoms with van der Waals surface area (Å²) in [7, 11) is -3.54. The van der Waals surface area contributed by atoms with E-state index in [1.807, 2.05) is 6.07 Å². The largest absolute Gasteiger partial charge is 0.350 e. The van der Waals surface area contributed by atoms with Gasteiger partial charge in [-0.3, -0.25) is 14.1 Å². The first-order chi connectivity index (χ1) is 11.8. The zero-order valence-electron chi connectivity index (χ0n) is 14.1. The topological polar surface area (TPSA) is 79.4 Å². The monoisotopic (exact) mass is 381 g/mol. The molecule has 0 saturated carbocycles. The number of aromatic nitrogens is 1. The van der Waals surface area contributed by atoms with Crippen LogP contribution in [-0.4, -0.2) is 32.1 Å².